The number of ether oxygens (including phenoxy) is 1. The van der Waals surface area contributed by atoms with E-state index >= 15 is 0 Å². The van der Waals surface area contributed by atoms with Gasteiger partial charge in [-0.3, -0.25) is 0 Å². The van der Waals surface area contributed by atoms with Gasteiger partial charge < -0.3 is 20.9 Å². The highest BCUT2D eigenvalue weighted by molar-refractivity contribution is 5.60. The molecule has 0 aliphatic rings. The van der Waals surface area contributed by atoms with Crippen molar-refractivity contribution in [3.05, 3.63) is 18.2 Å². The lowest BCUT2D eigenvalue weighted by Crippen LogP contribution is -2.40. The van der Waals surface area contributed by atoms with Crippen molar-refractivity contribution in [2.45, 2.75) is 39.2 Å². The Morgan fingerprint density at radius 2 is 1.89 bits per heavy atom. The quantitative estimate of drug-likeness (QED) is 0.653. The first-order valence-electron chi connectivity index (χ1n) is 6.51. The molecule has 1 aromatic carbocycles. The number of benzene rings is 1. The minimum Gasteiger partial charge on any atom is -0.494 e. The lowest BCUT2D eigenvalue weighted by atomic mass is 9.93. The molecule has 1 aromatic rings. The van der Waals surface area contributed by atoms with Crippen LogP contribution in [-0.4, -0.2) is 23.9 Å². The Labute approximate surface area is 109 Å². The molecule has 0 heterocycles. The number of nitrogens with one attached hydrogen (secondary N) is 1. The molecular weight excluding hydrogens is 228 g/mol. The largest absolute Gasteiger partial charge is 0.494 e. The zero-order chi connectivity index (χ0) is 13.6. The topological polar surface area (TPSA) is 67.5 Å². The molecule has 0 amide bonds. The molecule has 102 valence electrons. The van der Waals surface area contributed by atoms with Gasteiger partial charge in [-0.2, -0.15) is 0 Å². The predicted molar refractivity (Wildman–Crippen MR) is 76.0 cm³/mol. The summed E-state index contributed by atoms with van der Waals surface area (Å²) < 4.78 is 5.46. The molecule has 0 radical (unpaired) electrons. The van der Waals surface area contributed by atoms with Crippen LogP contribution in [0.5, 0.6) is 5.75 Å². The fraction of sp³-hybridized carbons (Fsp3) is 0.571. The molecule has 0 aliphatic carbocycles. The number of anilines is 2. The summed E-state index contributed by atoms with van der Waals surface area (Å²) in [5.74, 6) is 0.749. The van der Waals surface area contributed by atoms with Crippen molar-refractivity contribution in [2.24, 2.45) is 0 Å². The summed E-state index contributed by atoms with van der Waals surface area (Å²) >= 11 is 0. The molecule has 0 saturated heterocycles. The average Bonchev–Trinajstić information content (AvgIpc) is 2.36. The van der Waals surface area contributed by atoms with Gasteiger partial charge in [-0.05, 0) is 25.8 Å². The smallest absolute Gasteiger partial charge is 0.123 e. The van der Waals surface area contributed by atoms with Crippen molar-refractivity contribution < 1.29 is 9.84 Å². The van der Waals surface area contributed by atoms with Gasteiger partial charge in [-0.15, -0.1) is 0 Å². The van der Waals surface area contributed by atoms with Crippen LogP contribution in [0.25, 0.3) is 0 Å². The van der Waals surface area contributed by atoms with Crippen LogP contribution in [0, 0.1) is 0 Å². The van der Waals surface area contributed by atoms with Gasteiger partial charge >= 0.3 is 0 Å². The Balaban J connectivity index is 2.95. The van der Waals surface area contributed by atoms with Crippen LogP contribution in [0.3, 0.4) is 0 Å². The summed E-state index contributed by atoms with van der Waals surface area (Å²) in [7, 11) is 0. The van der Waals surface area contributed by atoms with Crippen LogP contribution in [0.2, 0.25) is 0 Å². The molecule has 0 bridgehead atoms. The zero-order valence-electron chi connectivity index (χ0n) is 11.5. The van der Waals surface area contributed by atoms with Crippen LogP contribution in [-0.2, 0) is 0 Å². The molecule has 0 aliphatic heterocycles. The van der Waals surface area contributed by atoms with Crippen LogP contribution in [0.4, 0.5) is 11.4 Å². The predicted octanol–water partition coefficient (Wildman–Crippen LogP) is 2.63. The first-order chi connectivity index (χ1) is 8.59. The molecule has 0 saturated carbocycles. The summed E-state index contributed by atoms with van der Waals surface area (Å²) in [5.41, 5.74) is 7.10. The minimum atomic E-state index is -0.294. The van der Waals surface area contributed by atoms with E-state index in [9.17, 15) is 5.11 Å². The number of hydrogen-bond acceptors (Lipinski definition) is 4. The lowest BCUT2D eigenvalue weighted by molar-refractivity contribution is 0.202. The van der Waals surface area contributed by atoms with E-state index < -0.39 is 0 Å². The Kier molecular flexibility index (Phi) is 5.28. The third kappa shape index (κ3) is 3.53. The van der Waals surface area contributed by atoms with Crippen molar-refractivity contribution in [1.29, 1.82) is 0 Å². The monoisotopic (exact) mass is 252 g/mol. The molecule has 0 unspecified atom stereocenters. The van der Waals surface area contributed by atoms with E-state index in [1.165, 1.54) is 0 Å². The SMILES string of the molecule is CCOc1cc(N)cc(NC(CC)(CC)CO)c1. The van der Waals surface area contributed by atoms with Gasteiger partial charge in [0, 0.05) is 23.5 Å². The van der Waals surface area contributed by atoms with Gasteiger partial charge in [0.1, 0.15) is 5.75 Å². The molecule has 0 aromatic heterocycles. The van der Waals surface area contributed by atoms with Gasteiger partial charge in [-0.1, -0.05) is 13.8 Å². The number of hydrogen-bond donors (Lipinski definition) is 3. The minimum absolute atomic E-state index is 0.0960. The summed E-state index contributed by atoms with van der Waals surface area (Å²) in [6.07, 6.45) is 1.69. The fourth-order valence-electron chi connectivity index (χ4n) is 1.94. The molecule has 18 heavy (non-hydrogen) atoms. The van der Waals surface area contributed by atoms with E-state index in [1.54, 1.807) is 6.07 Å². The summed E-state index contributed by atoms with van der Waals surface area (Å²) in [6.45, 7) is 6.76. The third-order valence-corrected chi connectivity index (χ3v) is 3.31. The number of aliphatic hydroxyl groups is 1. The Bertz CT molecular complexity index is 368. The van der Waals surface area contributed by atoms with E-state index in [2.05, 4.69) is 19.2 Å². The second kappa shape index (κ2) is 6.50. The Hall–Kier alpha value is -1.42. The molecule has 1 rings (SSSR count). The van der Waals surface area contributed by atoms with Gasteiger partial charge in [0.25, 0.3) is 0 Å². The number of nitrogen functional groups attached to an aromatic ring is 1. The van der Waals surface area contributed by atoms with Crippen molar-refractivity contribution >= 4 is 11.4 Å². The molecule has 4 nitrogen and oxygen atoms in total. The molecule has 4 N–H and O–H groups in total. The van der Waals surface area contributed by atoms with Gasteiger partial charge in [0.05, 0.1) is 18.8 Å². The highest BCUT2D eigenvalue weighted by Crippen LogP contribution is 2.27. The molecular formula is C14H24N2O2. The third-order valence-electron chi connectivity index (χ3n) is 3.31. The highest BCUT2D eigenvalue weighted by atomic mass is 16.5. The number of nitrogens with two attached hydrogens (primary N) is 1. The van der Waals surface area contributed by atoms with Crippen molar-refractivity contribution in [1.82, 2.24) is 0 Å². The molecule has 0 fully saturated rings. The van der Waals surface area contributed by atoms with Gasteiger partial charge in [0.2, 0.25) is 0 Å². The second-order valence-corrected chi connectivity index (χ2v) is 4.49. The van der Waals surface area contributed by atoms with E-state index in [-0.39, 0.29) is 12.1 Å². The maximum absolute atomic E-state index is 9.55. The van der Waals surface area contributed by atoms with Crippen LogP contribution in [0.1, 0.15) is 33.6 Å². The second-order valence-electron chi connectivity index (χ2n) is 4.49. The first kappa shape index (κ1) is 14.6. The molecule has 0 atom stereocenters. The van der Waals surface area contributed by atoms with Crippen molar-refractivity contribution in [3.8, 4) is 5.75 Å². The van der Waals surface area contributed by atoms with Crippen molar-refractivity contribution in [3.63, 3.8) is 0 Å². The standard InChI is InChI=1S/C14H24N2O2/c1-4-14(5-2,10-17)16-12-7-11(15)8-13(9-12)18-6-3/h7-9,16-17H,4-6,10,15H2,1-3H3. The summed E-state index contributed by atoms with van der Waals surface area (Å²) in [6, 6.07) is 5.57. The number of rotatable bonds is 7. The average molecular weight is 252 g/mol. The van der Waals surface area contributed by atoms with Gasteiger partial charge in [0.15, 0.2) is 0 Å². The lowest BCUT2D eigenvalue weighted by Gasteiger charge is -2.32. The maximum atomic E-state index is 9.55. The van der Waals surface area contributed by atoms with Crippen LogP contribution >= 0.6 is 0 Å². The highest BCUT2D eigenvalue weighted by Gasteiger charge is 2.24. The molecule has 4 heteroatoms. The number of aliphatic hydroxyl groups excluding tert-OH is 1. The van der Waals surface area contributed by atoms with E-state index in [4.69, 9.17) is 10.5 Å². The molecule has 0 spiro atoms. The van der Waals surface area contributed by atoms with E-state index in [1.807, 2.05) is 19.1 Å². The Morgan fingerprint density at radius 3 is 2.39 bits per heavy atom. The van der Waals surface area contributed by atoms with Crippen LogP contribution in [0.15, 0.2) is 18.2 Å². The first-order valence-corrected chi connectivity index (χ1v) is 6.51. The summed E-state index contributed by atoms with van der Waals surface area (Å²) in [4.78, 5) is 0. The summed E-state index contributed by atoms with van der Waals surface area (Å²) in [5, 5.41) is 12.9. The van der Waals surface area contributed by atoms with E-state index in [0.29, 0.717) is 12.3 Å². The van der Waals surface area contributed by atoms with E-state index in [0.717, 1.165) is 24.3 Å². The van der Waals surface area contributed by atoms with Crippen molar-refractivity contribution in [2.75, 3.05) is 24.3 Å². The van der Waals surface area contributed by atoms with Crippen LogP contribution < -0.4 is 15.8 Å². The fourth-order valence-corrected chi connectivity index (χ4v) is 1.94. The normalized spacial score (nSPS) is 11.3. The zero-order valence-corrected chi connectivity index (χ0v) is 11.5. The Morgan fingerprint density at radius 1 is 1.22 bits per heavy atom. The van der Waals surface area contributed by atoms with Gasteiger partial charge in [-0.25, -0.2) is 0 Å². The maximum Gasteiger partial charge on any atom is 0.123 e.